The fourth-order valence-electron chi connectivity index (χ4n) is 3.50. The zero-order valence-electron chi connectivity index (χ0n) is 16.4. The SMILES string of the molecule is COc1ccccc1Nc1cc(N2CCC(C)CC2)nc(-c2ccccc2)n1. The maximum absolute atomic E-state index is 5.47. The standard InChI is InChI=1S/C23H26N4O/c1-17-12-14-27(15-13-17)22-16-21(24-19-10-6-7-11-20(19)28-2)25-23(26-22)18-8-4-3-5-9-18/h3-11,16-17H,12-15H2,1-2H3,(H,24,25,26). The normalized spacial score (nSPS) is 14.7. The fourth-order valence-corrected chi connectivity index (χ4v) is 3.50. The lowest BCUT2D eigenvalue weighted by molar-refractivity contribution is 0.417. The molecular formula is C23H26N4O. The molecule has 0 aliphatic carbocycles. The molecule has 144 valence electrons. The van der Waals surface area contributed by atoms with Gasteiger partial charge >= 0.3 is 0 Å². The summed E-state index contributed by atoms with van der Waals surface area (Å²) in [7, 11) is 1.68. The summed E-state index contributed by atoms with van der Waals surface area (Å²) < 4.78 is 5.47. The number of para-hydroxylation sites is 2. The van der Waals surface area contributed by atoms with Crippen molar-refractivity contribution in [1.29, 1.82) is 0 Å². The number of aromatic nitrogens is 2. The third kappa shape index (κ3) is 4.09. The molecule has 1 N–H and O–H groups in total. The number of hydrogen-bond donors (Lipinski definition) is 1. The molecule has 4 rings (SSSR count). The van der Waals surface area contributed by atoms with Crippen LogP contribution in [0.5, 0.6) is 5.75 Å². The van der Waals surface area contributed by atoms with Gasteiger partial charge in [-0.25, -0.2) is 9.97 Å². The van der Waals surface area contributed by atoms with Crippen molar-refractivity contribution in [3.8, 4) is 17.1 Å². The van der Waals surface area contributed by atoms with Gasteiger partial charge in [0.2, 0.25) is 0 Å². The monoisotopic (exact) mass is 374 g/mol. The first-order valence-corrected chi connectivity index (χ1v) is 9.82. The topological polar surface area (TPSA) is 50.3 Å². The predicted octanol–water partition coefficient (Wildman–Crippen LogP) is 5.13. The van der Waals surface area contributed by atoms with Gasteiger partial charge in [0.15, 0.2) is 5.82 Å². The van der Waals surface area contributed by atoms with Crippen LogP contribution in [0.25, 0.3) is 11.4 Å². The number of benzene rings is 2. The zero-order valence-corrected chi connectivity index (χ0v) is 16.4. The van der Waals surface area contributed by atoms with Crippen LogP contribution >= 0.6 is 0 Å². The quantitative estimate of drug-likeness (QED) is 0.671. The molecule has 0 unspecified atom stereocenters. The molecule has 0 atom stereocenters. The first-order valence-electron chi connectivity index (χ1n) is 9.82. The first-order chi connectivity index (χ1) is 13.7. The van der Waals surface area contributed by atoms with E-state index in [9.17, 15) is 0 Å². The van der Waals surface area contributed by atoms with Crippen LogP contribution in [0.4, 0.5) is 17.3 Å². The van der Waals surface area contributed by atoms with Crippen LogP contribution in [0, 0.1) is 5.92 Å². The smallest absolute Gasteiger partial charge is 0.163 e. The highest BCUT2D eigenvalue weighted by Gasteiger charge is 2.19. The van der Waals surface area contributed by atoms with Crippen molar-refractivity contribution in [2.24, 2.45) is 5.92 Å². The molecule has 1 aromatic heterocycles. The van der Waals surface area contributed by atoms with Crippen molar-refractivity contribution in [2.75, 3.05) is 30.4 Å². The van der Waals surface area contributed by atoms with E-state index in [1.54, 1.807) is 7.11 Å². The van der Waals surface area contributed by atoms with E-state index in [-0.39, 0.29) is 0 Å². The molecule has 0 amide bonds. The van der Waals surface area contributed by atoms with Gasteiger partial charge in [-0.05, 0) is 30.9 Å². The molecule has 1 aliphatic rings. The highest BCUT2D eigenvalue weighted by atomic mass is 16.5. The van der Waals surface area contributed by atoms with Crippen LogP contribution in [0.1, 0.15) is 19.8 Å². The first kappa shape index (κ1) is 18.3. The van der Waals surface area contributed by atoms with Crippen molar-refractivity contribution >= 4 is 17.3 Å². The van der Waals surface area contributed by atoms with Gasteiger partial charge in [0, 0.05) is 24.7 Å². The van der Waals surface area contributed by atoms with E-state index in [0.717, 1.165) is 53.5 Å². The Morgan fingerprint density at radius 3 is 2.43 bits per heavy atom. The second-order valence-corrected chi connectivity index (χ2v) is 7.30. The van der Waals surface area contributed by atoms with Crippen LogP contribution in [0.3, 0.4) is 0 Å². The lowest BCUT2D eigenvalue weighted by Crippen LogP contribution is -2.33. The van der Waals surface area contributed by atoms with Crippen LogP contribution in [-0.4, -0.2) is 30.2 Å². The number of ether oxygens (including phenoxy) is 1. The highest BCUT2D eigenvalue weighted by molar-refractivity contribution is 5.68. The molecule has 2 heterocycles. The van der Waals surface area contributed by atoms with Gasteiger partial charge in [0.25, 0.3) is 0 Å². The molecule has 28 heavy (non-hydrogen) atoms. The zero-order chi connectivity index (χ0) is 19.3. The van der Waals surface area contributed by atoms with Gasteiger partial charge < -0.3 is 15.0 Å². The van der Waals surface area contributed by atoms with Gasteiger partial charge in [-0.2, -0.15) is 0 Å². The average Bonchev–Trinajstić information content (AvgIpc) is 2.75. The summed E-state index contributed by atoms with van der Waals surface area (Å²) >= 11 is 0. The molecular weight excluding hydrogens is 348 g/mol. The average molecular weight is 374 g/mol. The molecule has 1 fully saturated rings. The number of rotatable bonds is 5. The van der Waals surface area contributed by atoms with Crippen molar-refractivity contribution < 1.29 is 4.74 Å². The minimum Gasteiger partial charge on any atom is -0.495 e. The summed E-state index contributed by atoms with van der Waals surface area (Å²) in [6.07, 6.45) is 2.39. The Labute approximate surface area is 166 Å². The summed E-state index contributed by atoms with van der Waals surface area (Å²) in [5, 5.41) is 3.42. The molecule has 5 heteroatoms. The number of nitrogens with zero attached hydrogens (tertiary/aromatic N) is 3. The summed E-state index contributed by atoms with van der Waals surface area (Å²) in [5.74, 6) is 4.04. The van der Waals surface area contributed by atoms with Crippen molar-refractivity contribution in [1.82, 2.24) is 9.97 Å². The molecule has 0 bridgehead atoms. The van der Waals surface area contributed by atoms with E-state index >= 15 is 0 Å². The van der Waals surface area contributed by atoms with Crippen LogP contribution < -0.4 is 15.0 Å². The second-order valence-electron chi connectivity index (χ2n) is 7.30. The van der Waals surface area contributed by atoms with Gasteiger partial charge in [0.05, 0.1) is 12.8 Å². The Morgan fingerprint density at radius 1 is 0.964 bits per heavy atom. The van der Waals surface area contributed by atoms with Crippen LogP contribution in [0.2, 0.25) is 0 Å². The van der Waals surface area contributed by atoms with E-state index in [1.165, 1.54) is 12.8 Å². The van der Waals surface area contributed by atoms with E-state index in [2.05, 4.69) is 17.1 Å². The number of methoxy groups -OCH3 is 1. The van der Waals surface area contributed by atoms with E-state index in [4.69, 9.17) is 14.7 Å². The second kappa shape index (κ2) is 8.30. The molecule has 1 saturated heterocycles. The summed E-state index contributed by atoms with van der Waals surface area (Å²) in [6.45, 7) is 4.38. The fraction of sp³-hybridized carbons (Fsp3) is 0.304. The van der Waals surface area contributed by atoms with Crippen LogP contribution in [-0.2, 0) is 0 Å². The Balaban J connectivity index is 1.71. The van der Waals surface area contributed by atoms with E-state index in [1.807, 2.05) is 60.7 Å². The largest absolute Gasteiger partial charge is 0.495 e. The van der Waals surface area contributed by atoms with Gasteiger partial charge in [-0.15, -0.1) is 0 Å². The third-order valence-electron chi connectivity index (χ3n) is 5.22. The van der Waals surface area contributed by atoms with Crippen molar-refractivity contribution in [3.63, 3.8) is 0 Å². The number of nitrogens with one attached hydrogen (secondary N) is 1. The molecule has 0 spiro atoms. The molecule has 0 radical (unpaired) electrons. The Bertz CT molecular complexity index is 921. The molecule has 2 aromatic carbocycles. The number of anilines is 3. The maximum Gasteiger partial charge on any atom is 0.163 e. The minimum absolute atomic E-state index is 0.731. The van der Waals surface area contributed by atoms with Crippen molar-refractivity contribution in [3.05, 3.63) is 60.7 Å². The van der Waals surface area contributed by atoms with Gasteiger partial charge in [-0.1, -0.05) is 49.4 Å². The minimum atomic E-state index is 0.731. The van der Waals surface area contributed by atoms with Gasteiger partial charge in [-0.3, -0.25) is 0 Å². The molecule has 5 nitrogen and oxygen atoms in total. The highest BCUT2D eigenvalue weighted by Crippen LogP contribution is 2.30. The third-order valence-corrected chi connectivity index (χ3v) is 5.22. The van der Waals surface area contributed by atoms with Crippen molar-refractivity contribution in [2.45, 2.75) is 19.8 Å². The lowest BCUT2D eigenvalue weighted by atomic mass is 9.99. The lowest BCUT2D eigenvalue weighted by Gasteiger charge is -2.31. The summed E-state index contributed by atoms with van der Waals surface area (Å²) in [4.78, 5) is 12.0. The number of piperidine rings is 1. The summed E-state index contributed by atoms with van der Waals surface area (Å²) in [6, 6.07) is 20.0. The molecule has 3 aromatic rings. The van der Waals surface area contributed by atoms with E-state index in [0.29, 0.717) is 0 Å². The molecule has 1 aliphatic heterocycles. The van der Waals surface area contributed by atoms with E-state index < -0.39 is 0 Å². The van der Waals surface area contributed by atoms with Crippen LogP contribution in [0.15, 0.2) is 60.7 Å². The Hall–Kier alpha value is -3.08. The van der Waals surface area contributed by atoms with Gasteiger partial charge in [0.1, 0.15) is 17.4 Å². The Morgan fingerprint density at radius 2 is 1.68 bits per heavy atom. The number of hydrogen-bond acceptors (Lipinski definition) is 5. The maximum atomic E-state index is 5.47. The Kier molecular flexibility index (Phi) is 5.42. The summed E-state index contributed by atoms with van der Waals surface area (Å²) in [5.41, 5.74) is 1.90. The molecule has 0 saturated carbocycles. The predicted molar refractivity (Wildman–Crippen MR) is 114 cm³/mol.